The lowest BCUT2D eigenvalue weighted by molar-refractivity contribution is 0.0607. The van der Waals surface area contributed by atoms with Crippen LogP contribution < -0.4 is 5.32 Å². The van der Waals surface area contributed by atoms with Gasteiger partial charge in [-0.2, -0.15) is 0 Å². The third-order valence-corrected chi connectivity index (χ3v) is 5.07. The maximum absolute atomic E-state index is 13.1. The van der Waals surface area contributed by atoms with Gasteiger partial charge in [0.1, 0.15) is 4.88 Å². The standard InChI is InChI=1S/C21H15N3O3S/c1-27-21(26)19-17(9-11-28-19)24-20(25)14-12-18(16-8-4-5-10-22-16)23-15-7-3-2-6-13(14)15/h2-12H,1H3,(H,24,25). The SMILES string of the molecule is COC(=O)c1sccc1NC(=O)c1cc(-c2ccccn2)nc2ccccc12. The molecular weight excluding hydrogens is 374 g/mol. The molecule has 0 radical (unpaired) electrons. The minimum Gasteiger partial charge on any atom is -0.465 e. The second kappa shape index (κ2) is 7.58. The number of anilines is 1. The number of aromatic nitrogens is 2. The normalized spacial score (nSPS) is 10.6. The van der Waals surface area contributed by atoms with Crippen LogP contribution in [0.5, 0.6) is 0 Å². The number of hydrogen-bond acceptors (Lipinski definition) is 6. The number of amides is 1. The minimum absolute atomic E-state index is 0.334. The summed E-state index contributed by atoms with van der Waals surface area (Å²) in [7, 11) is 1.31. The topological polar surface area (TPSA) is 81.2 Å². The van der Waals surface area contributed by atoms with E-state index in [-0.39, 0.29) is 5.91 Å². The Balaban J connectivity index is 1.78. The summed E-state index contributed by atoms with van der Waals surface area (Å²) in [6, 6.07) is 16.3. The number of para-hydroxylation sites is 1. The Hall–Kier alpha value is -3.58. The third kappa shape index (κ3) is 3.35. The lowest BCUT2D eigenvalue weighted by Gasteiger charge is -2.10. The number of thiophene rings is 1. The van der Waals surface area contributed by atoms with Gasteiger partial charge < -0.3 is 10.1 Å². The van der Waals surface area contributed by atoms with Crippen molar-refractivity contribution in [1.82, 2.24) is 9.97 Å². The first-order valence-electron chi connectivity index (χ1n) is 8.45. The third-order valence-electron chi connectivity index (χ3n) is 4.17. The van der Waals surface area contributed by atoms with Crippen LogP contribution in [-0.4, -0.2) is 29.0 Å². The zero-order valence-electron chi connectivity index (χ0n) is 14.9. The van der Waals surface area contributed by atoms with E-state index < -0.39 is 5.97 Å². The van der Waals surface area contributed by atoms with E-state index >= 15 is 0 Å². The fourth-order valence-electron chi connectivity index (χ4n) is 2.86. The molecule has 1 aromatic carbocycles. The molecule has 0 fully saturated rings. The summed E-state index contributed by atoms with van der Waals surface area (Å²) in [5, 5.41) is 5.26. The van der Waals surface area contributed by atoms with Crippen molar-refractivity contribution in [2.24, 2.45) is 0 Å². The molecule has 28 heavy (non-hydrogen) atoms. The van der Waals surface area contributed by atoms with E-state index in [0.29, 0.717) is 33.0 Å². The molecule has 4 aromatic rings. The average Bonchev–Trinajstić information content (AvgIpc) is 3.21. The Morgan fingerprint density at radius 3 is 2.64 bits per heavy atom. The number of carbonyl (C=O) groups excluding carboxylic acids is 2. The molecule has 0 unspecified atom stereocenters. The van der Waals surface area contributed by atoms with Gasteiger partial charge in [0, 0.05) is 11.6 Å². The van der Waals surface area contributed by atoms with Gasteiger partial charge in [-0.05, 0) is 35.7 Å². The van der Waals surface area contributed by atoms with Crippen molar-refractivity contribution in [1.29, 1.82) is 0 Å². The van der Waals surface area contributed by atoms with Crippen molar-refractivity contribution in [2.75, 3.05) is 12.4 Å². The van der Waals surface area contributed by atoms with E-state index in [1.807, 2.05) is 42.5 Å². The van der Waals surface area contributed by atoms with Crippen LogP contribution in [0.2, 0.25) is 0 Å². The van der Waals surface area contributed by atoms with Crippen molar-refractivity contribution in [3.05, 3.63) is 76.6 Å². The minimum atomic E-state index is -0.487. The van der Waals surface area contributed by atoms with E-state index in [9.17, 15) is 9.59 Å². The molecule has 0 spiro atoms. The molecule has 6 nitrogen and oxygen atoms in total. The molecular formula is C21H15N3O3S. The summed E-state index contributed by atoms with van der Waals surface area (Å²) in [4.78, 5) is 34.3. The Morgan fingerprint density at radius 1 is 1.04 bits per heavy atom. The smallest absolute Gasteiger partial charge is 0.350 e. The number of benzene rings is 1. The molecule has 4 rings (SSSR count). The average molecular weight is 389 g/mol. The number of rotatable bonds is 4. The summed E-state index contributed by atoms with van der Waals surface area (Å²) in [6.07, 6.45) is 1.68. The zero-order chi connectivity index (χ0) is 19.5. The fraction of sp³-hybridized carbons (Fsp3) is 0.0476. The highest BCUT2D eigenvalue weighted by Gasteiger charge is 2.19. The molecule has 0 saturated heterocycles. The Labute approximate surface area is 164 Å². The number of nitrogens with one attached hydrogen (secondary N) is 1. The number of esters is 1. The number of nitrogens with zero attached hydrogens (tertiary/aromatic N) is 2. The summed E-state index contributed by atoms with van der Waals surface area (Å²) < 4.78 is 4.77. The molecule has 138 valence electrons. The van der Waals surface area contributed by atoms with Gasteiger partial charge in [0.2, 0.25) is 0 Å². The van der Waals surface area contributed by atoms with E-state index in [0.717, 1.165) is 5.39 Å². The number of fused-ring (bicyclic) bond motifs is 1. The van der Waals surface area contributed by atoms with Crippen LogP contribution in [0.3, 0.4) is 0 Å². The van der Waals surface area contributed by atoms with Crippen LogP contribution in [0.1, 0.15) is 20.0 Å². The van der Waals surface area contributed by atoms with Gasteiger partial charge in [0.05, 0.1) is 35.3 Å². The first-order valence-corrected chi connectivity index (χ1v) is 9.33. The van der Waals surface area contributed by atoms with Crippen molar-refractivity contribution in [3.8, 4) is 11.4 Å². The monoisotopic (exact) mass is 389 g/mol. The van der Waals surface area contributed by atoms with Crippen molar-refractivity contribution in [3.63, 3.8) is 0 Å². The molecule has 1 N–H and O–H groups in total. The van der Waals surface area contributed by atoms with Gasteiger partial charge in [-0.3, -0.25) is 9.78 Å². The lowest BCUT2D eigenvalue weighted by atomic mass is 10.1. The lowest BCUT2D eigenvalue weighted by Crippen LogP contribution is -2.15. The molecule has 0 aliphatic heterocycles. The largest absolute Gasteiger partial charge is 0.465 e. The quantitative estimate of drug-likeness (QED) is 0.523. The highest BCUT2D eigenvalue weighted by Crippen LogP contribution is 2.27. The molecule has 0 aliphatic carbocycles. The second-order valence-electron chi connectivity index (χ2n) is 5.90. The highest BCUT2D eigenvalue weighted by molar-refractivity contribution is 7.12. The van der Waals surface area contributed by atoms with Crippen LogP contribution >= 0.6 is 11.3 Å². The van der Waals surface area contributed by atoms with E-state index in [2.05, 4.69) is 15.3 Å². The predicted octanol–water partition coefficient (Wildman–Crippen LogP) is 4.40. The van der Waals surface area contributed by atoms with Crippen molar-refractivity contribution >= 4 is 39.8 Å². The van der Waals surface area contributed by atoms with Crippen LogP contribution in [0, 0.1) is 0 Å². The predicted molar refractivity (Wildman–Crippen MR) is 109 cm³/mol. The number of ether oxygens (including phenoxy) is 1. The molecule has 0 atom stereocenters. The van der Waals surface area contributed by atoms with E-state index in [4.69, 9.17) is 4.74 Å². The number of pyridine rings is 2. The molecule has 3 aromatic heterocycles. The Bertz CT molecular complexity index is 1170. The van der Waals surface area contributed by atoms with Gasteiger partial charge in [0.25, 0.3) is 5.91 Å². The van der Waals surface area contributed by atoms with Crippen LogP contribution in [0.25, 0.3) is 22.3 Å². The van der Waals surface area contributed by atoms with Gasteiger partial charge >= 0.3 is 5.97 Å². The van der Waals surface area contributed by atoms with Gasteiger partial charge in [-0.25, -0.2) is 9.78 Å². The van der Waals surface area contributed by atoms with Crippen LogP contribution in [0.15, 0.2) is 66.2 Å². The fourth-order valence-corrected chi connectivity index (χ4v) is 3.62. The molecule has 0 saturated carbocycles. The van der Waals surface area contributed by atoms with Gasteiger partial charge in [-0.1, -0.05) is 24.3 Å². The maximum atomic E-state index is 13.1. The zero-order valence-corrected chi connectivity index (χ0v) is 15.7. The van der Waals surface area contributed by atoms with Crippen LogP contribution in [-0.2, 0) is 4.74 Å². The van der Waals surface area contributed by atoms with Crippen LogP contribution in [0.4, 0.5) is 5.69 Å². The summed E-state index contributed by atoms with van der Waals surface area (Å²) in [5.74, 6) is -0.821. The molecule has 0 aliphatic rings. The number of hydrogen-bond donors (Lipinski definition) is 1. The highest BCUT2D eigenvalue weighted by atomic mass is 32.1. The van der Waals surface area contributed by atoms with Gasteiger partial charge in [-0.15, -0.1) is 11.3 Å². The van der Waals surface area contributed by atoms with Crippen molar-refractivity contribution < 1.29 is 14.3 Å². The van der Waals surface area contributed by atoms with Gasteiger partial charge in [0.15, 0.2) is 0 Å². The second-order valence-corrected chi connectivity index (χ2v) is 6.81. The number of methoxy groups -OCH3 is 1. The Morgan fingerprint density at radius 2 is 1.86 bits per heavy atom. The maximum Gasteiger partial charge on any atom is 0.350 e. The summed E-state index contributed by atoms with van der Waals surface area (Å²) >= 11 is 1.21. The van der Waals surface area contributed by atoms with Crippen molar-refractivity contribution in [2.45, 2.75) is 0 Å². The van der Waals surface area contributed by atoms with E-state index in [1.165, 1.54) is 18.4 Å². The first-order chi connectivity index (χ1) is 13.7. The Kier molecular flexibility index (Phi) is 4.82. The molecule has 3 heterocycles. The molecule has 1 amide bonds. The first kappa shape index (κ1) is 17.8. The summed E-state index contributed by atoms with van der Waals surface area (Å²) in [6.45, 7) is 0. The van der Waals surface area contributed by atoms with E-state index in [1.54, 1.807) is 23.7 Å². The molecule has 0 bridgehead atoms. The summed E-state index contributed by atoms with van der Waals surface area (Å²) in [5.41, 5.74) is 2.83. The number of carbonyl (C=O) groups is 2. The molecule has 7 heteroatoms.